The van der Waals surface area contributed by atoms with Gasteiger partial charge in [-0.15, -0.1) is 0 Å². The maximum Gasteiger partial charge on any atom is 0.290 e. The number of anilines is 1. The summed E-state index contributed by atoms with van der Waals surface area (Å²) in [6.07, 6.45) is 7.20. The Hall–Kier alpha value is -4.64. The molecule has 12 heteroatoms. The monoisotopic (exact) mass is 575 g/mol. The van der Waals surface area contributed by atoms with E-state index < -0.39 is 0 Å². The lowest BCUT2D eigenvalue weighted by molar-refractivity contribution is -0.122. The highest BCUT2D eigenvalue weighted by molar-refractivity contribution is 6.34. The van der Waals surface area contributed by atoms with E-state index in [1.807, 2.05) is 54.3 Å². The number of likely N-dealkylation sites (tertiary alicyclic amines) is 1. The SMILES string of the molecule is CCc1nn(C)c(C(=O)Nc2ccc(C3CCN(C(=O)c4cnc(-c5ccccn5)nc4)CC3)cc2)c1Cl.O=CO. The van der Waals surface area contributed by atoms with E-state index in [0.717, 1.165) is 12.8 Å². The molecule has 1 aliphatic heterocycles. The number of amides is 2. The van der Waals surface area contributed by atoms with Gasteiger partial charge in [-0.05, 0) is 55.0 Å². The summed E-state index contributed by atoms with van der Waals surface area (Å²) in [5.74, 6) is 0.482. The van der Waals surface area contributed by atoms with Crippen LogP contribution in [-0.2, 0) is 18.3 Å². The predicted molar refractivity (Wildman–Crippen MR) is 154 cm³/mol. The summed E-state index contributed by atoms with van der Waals surface area (Å²) < 4.78 is 1.51. The number of aryl methyl sites for hydroxylation is 2. The highest BCUT2D eigenvalue weighted by Gasteiger charge is 2.25. The molecule has 1 aromatic carbocycles. The summed E-state index contributed by atoms with van der Waals surface area (Å²) in [4.78, 5) is 48.9. The number of rotatable bonds is 6. The minimum Gasteiger partial charge on any atom is -0.483 e. The van der Waals surface area contributed by atoms with Gasteiger partial charge in [0.1, 0.15) is 11.4 Å². The Morgan fingerprint density at radius 1 is 1.07 bits per heavy atom. The van der Waals surface area contributed by atoms with Crippen molar-refractivity contribution in [2.45, 2.75) is 32.1 Å². The zero-order valence-corrected chi connectivity index (χ0v) is 23.5. The van der Waals surface area contributed by atoms with Gasteiger partial charge >= 0.3 is 0 Å². The summed E-state index contributed by atoms with van der Waals surface area (Å²) in [6, 6.07) is 13.4. The Morgan fingerprint density at radius 3 is 2.29 bits per heavy atom. The Balaban J connectivity index is 0.00000124. The first kappa shape index (κ1) is 29.3. The minimum atomic E-state index is -0.290. The van der Waals surface area contributed by atoms with Crippen LogP contribution in [0.2, 0.25) is 5.02 Å². The molecule has 0 radical (unpaired) electrons. The first-order valence-electron chi connectivity index (χ1n) is 13.1. The fourth-order valence-corrected chi connectivity index (χ4v) is 5.10. The number of nitrogens with one attached hydrogen (secondary N) is 1. The highest BCUT2D eigenvalue weighted by atomic mass is 35.5. The standard InChI is InChI=1S/C28H28ClN7O2.CH2O2/c1-3-22-24(29)25(35(2)34-22)27(37)33-21-9-7-18(8-10-21)19-11-14-36(15-12-19)28(38)20-16-31-26(32-17-20)23-6-4-5-13-30-23;2-1-3/h4-10,13,16-17,19H,3,11-12,14-15H2,1-2H3,(H,33,37);1H,(H,2,3). The number of carboxylic acid groups (broad SMARTS) is 1. The van der Waals surface area contributed by atoms with Gasteiger partial charge in [0.25, 0.3) is 18.3 Å². The summed E-state index contributed by atoms with van der Waals surface area (Å²) >= 11 is 6.34. The molecule has 3 aromatic heterocycles. The van der Waals surface area contributed by atoms with Crippen LogP contribution in [0.15, 0.2) is 61.1 Å². The lowest BCUT2D eigenvalue weighted by Crippen LogP contribution is -2.38. The quantitative estimate of drug-likeness (QED) is 0.321. The van der Waals surface area contributed by atoms with E-state index in [-0.39, 0.29) is 18.3 Å². The van der Waals surface area contributed by atoms with Crippen molar-refractivity contribution in [2.24, 2.45) is 7.05 Å². The molecule has 41 heavy (non-hydrogen) atoms. The van der Waals surface area contributed by atoms with E-state index in [1.165, 1.54) is 10.2 Å². The summed E-state index contributed by atoms with van der Waals surface area (Å²) in [6.45, 7) is 3.01. The van der Waals surface area contributed by atoms with Crippen LogP contribution in [0.3, 0.4) is 0 Å². The van der Waals surface area contributed by atoms with Gasteiger partial charge in [0.2, 0.25) is 0 Å². The molecule has 0 unspecified atom stereocenters. The maximum absolute atomic E-state index is 13.0. The Morgan fingerprint density at radius 2 is 1.73 bits per heavy atom. The third-order valence-corrected chi connectivity index (χ3v) is 7.22. The zero-order chi connectivity index (χ0) is 29.4. The number of benzene rings is 1. The normalized spacial score (nSPS) is 13.2. The van der Waals surface area contributed by atoms with Gasteiger partial charge in [0.05, 0.1) is 16.3 Å². The molecule has 212 valence electrons. The molecule has 4 aromatic rings. The number of carbonyl (C=O) groups excluding carboxylic acids is 2. The third-order valence-electron chi connectivity index (χ3n) is 6.82. The van der Waals surface area contributed by atoms with Gasteiger partial charge in [-0.25, -0.2) is 9.97 Å². The molecule has 1 aliphatic rings. The van der Waals surface area contributed by atoms with Gasteiger partial charge in [-0.1, -0.05) is 36.7 Å². The molecule has 4 heterocycles. The molecular weight excluding hydrogens is 546 g/mol. The third kappa shape index (κ3) is 6.93. The van der Waals surface area contributed by atoms with Crippen LogP contribution >= 0.6 is 11.6 Å². The number of piperidine rings is 1. The average Bonchev–Trinajstić information content (AvgIpc) is 3.30. The Labute approximate surface area is 242 Å². The molecule has 0 saturated carbocycles. The fourth-order valence-electron chi connectivity index (χ4n) is 4.72. The summed E-state index contributed by atoms with van der Waals surface area (Å²) in [7, 11) is 1.71. The van der Waals surface area contributed by atoms with Gasteiger partial charge in [-0.3, -0.25) is 24.0 Å². The molecule has 0 spiro atoms. The van der Waals surface area contributed by atoms with Crippen molar-refractivity contribution in [2.75, 3.05) is 18.4 Å². The number of nitrogens with zero attached hydrogens (tertiary/aromatic N) is 6. The molecule has 11 nitrogen and oxygen atoms in total. The largest absolute Gasteiger partial charge is 0.483 e. The topological polar surface area (TPSA) is 143 Å². The molecule has 2 amide bonds. The number of carbonyl (C=O) groups is 3. The second-order valence-corrected chi connectivity index (χ2v) is 9.72. The number of halogens is 1. The van der Waals surface area contributed by atoms with Gasteiger partial charge in [0, 0.05) is 44.4 Å². The van der Waals surface area contributed by atoms with Crippen molar-refractivity contribution in [3.05, 3.63) is 88.6 Å². The molecule has 0 atom stereocenters. The number of pyridine rings is 1. The lowest BCUT2D eigenvalue weighted by atomic mass is 9.89. The first-order valence-corrected chi connectivity index (χ1v) is 13.5. The highest BCUT2D eigenvalue weighted by Crippen LogP contribution is 2.30. The number of hydrogen-bond acceptors (Lipinski definition) is 7. The molecule has 2 N–H and O–H groups in total. The first-order chi connectivity index (χ1) is 19.9. The van der Waals surface area contributed by atoms with Crippen molar-refractivity contribution in [3.8, 4) is 11.5 Å². The molecular formula is C29H30ClN7O4. The summed E-state index contributed by atoms with van der Waals surface area (Å²) in [5.41, 5.74) is 4.07. The van der Waals surface area contributed by atoms with Crippen LogP contribution in [0.1, 0.15) is 57.8 Å². The van der Waals surface area contributed by atoms with E-state index in [0.29, 0.717) is 64.6 Å². The van der Waals surface area contributed by atoms with Crippen LogP contribution in [0, 0.1) is 0 Å². The van der Waals surface area contributed by atoms with Crippen LogP contribution in [0.5, 0.6) is 0 Å². The van der Waals surface area contributed by atoms with Crippen LogP contribution in [0.25, 0.3) is 11.5 Å². The van der Waals surface area contributed by atoms with E-state index in [1.54, 1.807) is 25.6 Å². The van der Waals surface area contributed by atoms with Gasteiger partial charge in [-0.2, -0.15) is 5.10 Å². The lowest BCUT2D eigenvalue weighted by Gasteiger charge is -2.32. The zero-order valence-electron chi connectivity index (χ0n) is 22.7. The average molecular weight is 576 g/mol. The second-order valence-electron chi connectivity index (χ2n) is 9.34. The number of hydrogen-bond donors (Lipinski definition) is 2. The molecule has 1 fully saturated rings. The van der Waals surface area contributed by atoms with E-state index in [4.69, 9.17) is 21.5 Å². The second kappa shape index (κ2) is 13.6. The Bertz CT molecular complexity index is 1480. The molecule has 5 rings (SSSR count). The van der Waals surface area contributed by atoms with E-state index in [9.17, 15) is 9.59 Å². The number of aromatic nitrogens is 5. The van der Waals surface area contributed by atoms with Gasteiger partial charge < -0.3 is 15.3 Å². The van der Waals surface area contributed by atoms with Crippen molar-refractivity contribution >= 4 is 35.6 Å². The summed E-state index contributed by atoms with van der Waals surface area (Å²) in [5, 5.41) is 14.5. The maximum atomic E-state index is 13.0. The molecule has 0 bridgehead atoms. The van der Waals surface area contributed by atoms with Crippen LogP contribution in [0.4, 0.5) is 5.69 Å². The van der Waals surface area contributed by atoms with Gasteiger partial charge in [0.15, 0.2) is 5.82 Å². The molecule has 0 aliphatic carbocycles. The smallest absolute Gasteiger partial charge is 0.290 e. The fraction of sp³-hybridized carbons (Fsp3) is 0.276. The van der Waals surface area contributed by atoms with Crippen LogP contribution in [-0.4, -0.2) is 66.1 Å². The van der Waals surface area contributed by atoms with Crippen molar-refractivity contribution < 1.29 is 19.5 Å². The minimum absolute atomic E-state index is 0.0610. The van der Waals surface area contributed by atoms with Crippen molar-refractivity contribution in [3.63, 3.8) is 0 Å². The predicted octanol–water partition coefficient (Wildman–Crippen LogP) is 4.46. The Kier molecular flexibility index (Phi) is 9.75. The van der Waals surface area contributed by atoms with E-state index in [2.05, 4.69) is 25.4 Å². The molecule has 1 saturated heterocycles. The van der Waals surface area contributed by atoms with Crippen LogP contribution < -0.4 is 5.32 Å². The van der Waals surface area contributed by atoms with Crippen molar-refractivity contribution in [1.82, 2.24) is 29.6 Å². The van der Waals surface area contributed by atoms with Crippen molar-refractivity contribution in [1.29, 1.82) is 0 Å². The van der Waals surface area contributed by atoms with E-state index >= 15 is 0 Å².